The molecule has 5 nitrogen and oxygen atoms in total. The molecule has 3 heterocycles. The van der Waals surface area contributed by atoms with Crippen molar-refractivity contribution in [3.8, 4) is 0 Å². The van der Waals surface area contributed by atoms with Crippen LogP contribution in [-0.2, 0) is 0 Å². The van der Waals surface area contributed by atoms with E-state index in [4.69, 9.17) is 0 Å². The third-order valence-electron chi connectivity index (χ3n) is 3.61. The smallest absolute Gasteiger partial charge is 0.157 e. The molecular formula is C12H16N4O. The number of aromatic nitrogens is 3. The lowest BCUT2D eigenvalue weighted by molar-refractivity contribution is 0.244. The summed E-state index contributed by atoms with van der Waals surface area (Å²) in [5, 5.41) is 13.6. The second kappa shape index (κ2) is 4.00. The van der Waals surface area contributed by atoms with Gasteiger partial charge in [-0.1, -0.05) is 6.92 Å². The van der Waals surface area contributed by atoms with Crippen LogP contribution in [0, 0.1) is 5.92 Å². The molecular weight excluding hydrogens is 216 g/mol. The molecule has 0 amide bonds. The first-order valence-corrected chi connectivity index (χ1v) is 5.97. The Morgan fingerprint density at radius 1 is 1.47 bits per heavy atom. The van der Waals surface area contributed by atoms with Crippen LogP contribution in [0.2, 0.25) is 0 Å². The predicted molar refractivity (Wildman–Crippen MR) is 65.0 cm³/mol. The Balaban J connectivity index is 1.97. The van der Waals surface area contributed by atoms with Crippen molar-refractivity contribution < 1.29 is 5.11 Å². The van der Waals surface area contributed by atoms with Crippen LogP contribution in [0.5, 0.6) is 0 Å². The Labute approximate surface area is 99.7 Å². The molecule has 17 heavy (non-hydrogen) atoms. The Morgan fingerprint density at radius 2 is 2.35 bits per heavy atom. The summed E-state index contributed by atoms with van der Waals surface area (Å²) in [5.74, 6) is 1.45. The molecule has 2 aromatic rings. The van der Waals surface area contributed by atoms with Crippen molar-refractivity contribution in [1.82, 2.24) is 14.6 Å². The van der Waals surface area contributed by atoms with Gasteiger partial charge in [0, 0.05) is 18.8 Å². The molecule has 90 valence electrons. The minimum absolute atomic E-state index is 0.188. The van der Waals surface area contributed by atoms with Crippen LogP contribution in [0.15, 0.2) is 24.5 Å². The highest BCUT2D eigenvalue weighted by Crippen LogP contribution is 2.28. The predicted octanol–water partition coefficient (Wildman–Crippen LogP) is 0.936. The van der Waals surface area contributed by atoms with Gasteiger partial charge in [-0.15, -0.1) is 0 Å². The average Bonchev–Trinajstić information content (AvgIpc) is 2.93. The number of hydrogen-bond donors (Lipinski definition) is 1. The minimum atomic E-state index is 0.188. The lowest BCUT2D eigenvalue weighted by Crippen LogP contribution is -2.35. The summed E-state index contributed by atoms with van der Waals surface area (Å²) >= 11 is 0. The van der Waals surface area contributed by atoms with E-state index in [-0.39, 0.29) is 12.6 Å². The lowest BCUT2D eigenvalue weighted by atomic mass is 10.0. The van der Waals surface area contributed by atoms with Crippen LogP contribution in [0.3, 0.4) is 0 Å². The van der Waals surface area contributed by atoms with Gasteiger partial charge < -0.3 is 10.0 Å². The summed E-state index contributed by atoms with van der Waals surface area (Å²) in [6.45, 7) is 3.33. The molecule has 1 saturated heterocycles. The van der Waals surface area contributed by atoms with Gasteiger partial charge in [-0.05, 0) is 18.4 Å². The van der Waals surface area contributed by atoms with Gasteiger partial charge in [-0.25, -0.2) is 9.50 Å². The van der Waals surface area contributed by atoms with E-state index in [0.717, 1.165) is 24.4 Å². The number of fused-ring (bicyclic) bond motifs is 1. The van der Waals surface area contributed by atoms with Gasteiger partial charge >= 0.3 is 0 Å². The van der Waals surface area contributed by atoms with Crippen LogP contribution in [-0.4, -0.2) is 38.9 Å². The highest BCUT2D eigenvalue weighted by Gasteiger charge is 2.31. The van der Waals surface area contributed by atoms with Gasteiger partial charge in [0.2, 0.25) is 0 Å². The second-order valence-corrected chi connectivity index (χ2v) is 4.63. The molecule has 0 radical (unpaired) electrons. The van der Waals surface area contributed by atoms with Crippen molar-refractivity contribution in [3.63, 3.8) is 0 Å². The zero-order chi connectivity index (χ0) is 11.8. The molecule has 0 saturated carbocycles. The SMILES string of the molecule is CC1CCN(c2ccn3nccc3n2)C1CO. The highest BCUT2D eigenvalue weighted by atomic mass is 16.3. The fourth-order valence-electron chi connectivity index (χ4n) is 2.53. The van der Waals surface area contributed by atoms with Gasteiger partial charge in [-0.2, -0.15) is 5.10 Å². The van der Waals surface area contributed by atoms with Gasteiger partial charge in [0.1, 0.15) is 5.82 Å². The van der Waals surface area contributed by atoms with Crippen LogP contribution in [0.25, 0.3) is 5.65 Å². The Bertz CT molecular complexity index is 524. The van der Waals surface area contributed by atoms with Gasteiger partial charge in [0.15, 0.2) is 5.65 Å². The monoisotopic (exact) mass is 232 g/mol. The number of rotatable bonds is 2. The van der Waals surface area contributed by atoms with Crippen molar-refractivity contribution in [2.24, 2.45) is 5.92 Å². The number of hydrogen-bond acceptors (Lipinski definition) is 4. The molecule has 1 aliphatic heterocycles. The first kappa shape index (κ1) is 10.5. The Morgan fingerprint density at radius 3 is 3.18 bits per heavy atom. The molecule has 2 atom stereocenters. The van der Waals surface area contributed by atoms with Gasteiger partial charge in [0.25, 0.3) is 0 Å². The minimum Gasteiger partial charge on any atom is -0.394 e. The topological polar surface area (TPSA) is 53.7 Å². The van der Waals surface area contributed by atoms with Crippen molar-refractivity contribution in [1.29, 1.82) is 0 Å². The Kier molecular flexibility index (Phi) is 2.48. The quantitative estimate of drug-likeness (QED) is 0.837. The van der Waals surface area contributed by atoms with E-state index in [1.807, 2.05) is 18.3 Å². The fraction of sp³-hybridized carbons (Fsp3) is 0.500. The van der Waals surface area contributed by atoms with E-state index < -0.39 is 0 Å². The molecule has 1 N–H and O–H groups in total. The van der Waals surface area contributed by atoms with E-state index >= 15 is 0 Å². The maximum Gasteiger partial charge on any atom is 0.157 e. The van der Waals surface area contributed by atoms with Crippen molar-refractivity contribution in [3.05, 3.63) is 24.5 Å². The maximum absolute atomic E-state index is 9.45. The van der Waals surface area contributed by atoms with Gasteiger partial charge in [0.05, 0.1) is 18.8 Å². The van der Waals surface area contributed by atoms with Crippen LogP contribution >= 0.6 is 0 Å². The van der Waals surface area contributed by atoms with E-state index in [0.29, 0.717) is 5.92 Å². The van der Waals surface area contributed by atoms with E-state index in [1.165, 1.54) is 0 Å². The zero-order valence-electron chi connectivity index (χ0n) is 9.82. The summed E-state index contributed by atoms with van der Waals surface area (Å²) in [4.78, 5) is 6.76. The summed E-state index contributed by atoms with van der Waals surface area (Å²) in [6.07, 6.45) is 4.76. The molecule has 0 bridgehead atoms. The number of nitrogens with zero attached hydrogens (tertiary/aromatic N) is 4. The summed E-state index contributed by atoms with van der Waals surface area (Å²) in [6, 6.07) is 4.03. The first-order chi connectivity index (χ1) is 8.29. The van der Waals surface area contributed by atoms with Crippen LogP contribution < -0.4 is 4.90 Å². The highest BCUT2D eigenvalue weighted by molar-refractivity contribution is 5.48. The average molecular weight is 232 g/mol. The molecule has 0 spiro atoms. The molecule has 2 aromatic heterocycles. The maximum atomic E-state index is 9.45. The summed E-state index contributed by atoms with van der Waals surface area (Å²) in [5.41, 5.74) is 0.846. The second-order valence-electron chi connectivity index (χ2n) is 4.63. The fourth-order valence-corrected chi connectivity index (χ4v) is 2.53. The molecule has 5 heteroatoms. The number of aliphatic hydroxyl groups is 1. The zero-order valence-corrected chi connectivity index (χ0v) is 9.82. The molecule has 3 rings (SSSR count). The largest absolute Gasteiger partial charge is 0.394 e. The van der Waals surface area contributed by atoms with Crippen molar-refractivity contribution >= 4 is 11.5 Å². The van der Waals surface area contributed by atoms with E-state index in [1.54, 1.807) is 10.7 Å². The molecule has 1 fully saturated rings. The number of aliphatic hydroxyl groups excluding tert-OH is 1. The molecule has 1 aliphatic rings. The molecule has 0 aromatic carbocycles. The first-order valence-electron chi connectivity index (χ1n) is 5.97. The third kappa shape index (κ3) is 1.67. The van der Waals surface area contributed by atoms with Crippen LogP contribution in [0.4, 0.5) is 5.82 Å². The van der Waals surface area contributed by atoms with Crippen molar-refractivity contribution in [2.45, 2.75) is 19.4 Å². The molecule has 0 aliphatic carbocycles. The van der Waals surface area contributed by atoms with Crippen molar-refractivity contribution in [2.75, 3.05) is 18.1 Å². The molecule has 2 unspecified atom stereocenters. The van der Waals surface area contributed by atoms with Gasteiger partial charge in [-0.3, -0.25) is 0 Å². The summed E-state index contributed by atoms with van der Waals surface area (Å²) in [7, 11) is 0. The Hall–Kier alpha value is -1.62. The number of anilines is 1. The van der Waals surface area contributed by atoms with E-state index in [9.17, 15) is 5.11 Å². The normalized spacial score (nSPS) is 24.7. The van der Waals surface area contributed by atoms with Crippen LogP contribution in [0.1, 0.15) is 13.3 Å². The lowest BCUT2D eigenvalue weighted by Gasteiger charge is -2.26. The standard InChI is InChI=1S/C12H16N4O/c1-9-3-6-15(10(9)8-17)11-4-7-16-12(14-11)2-5-13-16/h2,4-5,7,9-10,17H,3,6,8H2,1H3. The summed E-state index contributed by atoms with van der Waals surface area (Å²) < 4.78 is 1.75. The van der Waals surface area contributed by atoms with E-state index in [2.05, 4.69) is 21.9 Å². The third-order valence-corrected chi connectivity index (χ3v) is 3.61.